The number of rotatable bonds is 4. The average molecular weight is 408 g/mol. The van der Waals surface area contributed by atoms with Crippen LogP contribution in [0, 0.1) is 5.41 Å². The molecule has 0 amide bonds. The first-order chi connectivity index (χ1) is 12.6. The summed E-state index contributed by atoms with van der Waals surface area (Å²) in [6.07, 6.45) is 2.30. The van der Waals surface area contributed by atoms with Crippen molar-refractivity contribution in [1.29, 1.82) is 0 Å². The molecule has 2 aliphatic rings. The number of halogens is 3. The van der Waals surface area contributed by atoms with Crippen molar-refractivity contribution in [2.45, 2.75) is 58.3 Å². The molecule has 1 N–H and O–H groups in total. The second-order valence-corrected chi connectivity index (χ2v) is 8.50. The van der Waals surface area contributed by atoms with Crippen LogP contribution in [-0.2, 0) is 11.3 Å². The van der Waals surface area contributed by atoms with Gasteiger partial charge >= 0.3 is 12.1 Å². The van der Waals surface area contributed by atoms with Crippen molar-refractivity contribution in [2.24, 2.45) is 5.41 Å². The Morgan fingerprint density at radius 3 is 2.63 bits per heavy atom. The fourth-order valence-electron chi connectivity index (χ4n) is 3.90. The maximum absolute atomic E-state index is 10.6. The topological polar surface area (TPSA) is 56.7 Å². The Kier molecular flexibility index (Phi) is 7.64. The third-order valence-electron chi connectivity index (χ3n) is 5.51. The standard InChI is InChI=1S/C16H27N3S.C2HF3O2/c1-3-14(2)19-9-6-16(13-19)5-4-8-18(12-16)11-15-17-7-10-20-15;3-2(4,5)1(6)7/h7,10,14H,3-6,8-9,11-13H2,1-2H3;(H,6,7). The Morgan fingerprint density at radius 1 is 1.37 bits per heavy atom. The van der Waals surface area contributed by atoms with Crippen LogP contribution >= 0.6 is 11.3 Å². The molecule has 5 nitrogen and oxygen atoms in total. The van der Waals surface area contributed by atoms with Gasteiger partial charge in [-0.05, 0) is 51.1 Å². The first-order valence-corrected chi connectivity index (χ1v) is 10.2. The summed E-state index contributed by atoms with van der Waals surface area (Å²) in [5, 5.41) is 10.5. The lowest BCUT2D eigenvalue weighted by atomic mass is 9.79. The predicted molar refractivity (Wildman–Crippen MR) is 98.7 cm³/mol. The minimum atomic E-state index is -5.08. The maximum Gasteiger partial charge on any atom is 0.490 e. The van der Waals surface area contributed by atoms with Gasteiger partial charge in [-0.2, -0.15) is 13.2 Å². The lowest BCUT2D eigenvalue weighted by Crippen LogP contribution is -2.45. The molecule has 3 rings (SSSR count). The fraction of sp³-hybridized carbons (Fsp3) is 0.778. The first kappa shape index (κ1) is 22.1. The largest absolute Gasteiger partial charge is 0.490 e. The van der Waals surface area contributed by atoms with Crippen LogP contribution in [0.1, 0.15) is 44.5 Å². The van der Waals surface area contributed by atoms with Crippen molar-refractivity contribution in [3.63, 3.8) is 0 Å². The van der Waals surface area contributed by atoms with Crippen molar-refractivity contribution in [2.75, 3.05) is 26.2 Å². The lowest BCUT2D eigenvalue weighted by molar-refractivity contribution is -0.192. The van der Waals surface area contributed by atoms with E-state index in [-0.39, 0.29) is 0 Å². The third-order valence-corrected chi connectivity index (χ3v) is 6.27. The highest BCUT2D eigenvalue weighted by atomic mass is 32.1. The summed E-state index contributed by atoms with van der Waals surface area (Å²) in [6, 6.07) is 0.753. The quantitative estimate of drug-likeness (QED) is 0.821. The summed E-state index contributed by atoms with van der Waals surface area (Å²) in [4.78, 5) is 18.7. The number of carboxylic acid groups (broad SMARTS) is 1. The average Bonchev–Trinajstić information content (AvgIpc) is 3.24. The normalized spacial score (nSPS) is 25.2. The molecule has 1 aromatic rings. The smallest absolute Gasteiger partial charge is 0.475 e. The number of aromatic nitrogens is 1. The maximum atomic E-state index is 10.6. The summed E-state index contributed by atoms with van der Waals surface area (Å²) in [5.74, 6) is -2.76. The molecule has 0 saturated carbocycles. The number of thiazole rings is 1. The lowest BCUT2D eigenvalue weighted by Gasteiger charge is -2.40. The molecule has 0 aliphatic carbocycles. The SMILES string of the molecule is CCC(C)N1CCC2(CCCN(Cc3nccs3)C2)C1.O=C(O)C(F)(F)F. The monoisotopic (exact) mass is 407 g/mol. The van der Waals surface area contributed by atoms with Crippen LogP contribution in [-0.4, -0.2) is 64.3 Å². The van der Waals surface area contributed by atoms with Crippen LogP contribution in [0.4, 0.5) is 13.2 Å². The second kappa shape index (κ2) is 9.34. The Hall–Kier alpha value is -1.19. The minimum Gasteiger partial charge on any atom is -0.475 e. The van der Waals surface area contributed by atoms with Gasteiger partial charge in [0.2, 0.25) is 0 Å². The Labute approximate surface area is 162 Å². The van der Waals surface area contributed by atoms with E-state index in [1.807, 2.05) is 6.20 Å². The second-order valence-electron chi connectivity index (χ2n) is 7.52. The minimum absolute atomic E-state index is 0.568. The van der Waals surface area contributed by atoms with E-state index < -0.39 is 12.1 Å². The van der Waals surface area contributed by atoms with Gasteiger partial charge in [0.25, 0.3) is 0 Å². The van der Waals surface area contributed by atoms with Crippen molar-refractivity contribution < 1.29 is 23.1 Å². The number of carboxylic acids is 1. The molecule has 2 atom stereocenters. The van der Waals surface area contributed by atoms with E-state index in [2.05, 4.69) is 34.0 Å². The van der Waals surface area contributed by atoms with E-state index in [9.17, 15) is 13.2 Å². The number of alkyl halides is 3. The van der Waals surface area contributed by atoms with Gasteiger partial charge in [0, 0.05) is 30.7 Å². The highest BCUT2D eigenvalue weighted by Crippen LogP contribution is 2.40. The van der Waals surface area contributed by atoms with Gasteiger partial charge in [-0.1, -0.05) is 6.92 Å². The van der Waals surface area contributed by atoms with Crippen molar-refractivity contribution in [3.05, 3.63) is 16.6 Å². The highest BCUT2D eigenvalue weighted by molar-refractivity contribution is 7.09. The summed E-state index contributed by atoms with van der Waals surface area (Å²) >= 11 is 1.79. The molecule has 9 heteroatoms. The van der Waals surface area contributed by atoms with Crippen LogP contribution in [0.2, 0.25) is 0 Å². The molecule has 2 unspecified atom stereocenters. The highest BCUT2D eigenvalue weighted by Gasteiger charge is 2.42. The summed E-state index contributed by atoms with van der Waals surface area (Å²) in [6.45, 7) is 10.9. The zero-order valence-corrected chi connectivity index (χ0v) is 16.7. The molecule has 0 aromatic carbocycles. The van der Waals surface area contributed by atoms with Crippen molar-refractivity contribution in [1.82, 2.24) is 14.8 Å². The predicted octanol–water partition coefficient (Wildman–Crippen LogP) is 3.86. The van der Waals surface area contributed by atoms with Crippen molar-refractivity contribution in [3.8, 4) is 0 Å². The molecule has 2 aliphatic heterocycles. The molecule has 154 valence electrons. The number of hydrogen-bond donors (Lipinski definition) is 1. The molecule has 2 fully saturated rings. The molecule has 27 heavy (non-hydrogen) atoms. The fourth-order valence-corrected chi connectivity index (χ4v) is 4.56. The van der Waals surface area contributed by atoms with Crippen LogP contribution in [0.25, 0.3) is 0 Å². The van der Waals surface area contributed by atoms with Gasteiger partial charge in [-0.3, -0.25) is 4.90 Å². The molecule has 3 heterocycles. The van der Waals surface area contributed by atoms with Gasteiger partial charge in [0.15, 0.2) is 0 Å². The molecule has 1 aromatic heterocycles. The molecule has 1 spiro atoms. The number of likely N-dealkylation sites (tertiary alicyclic amines) is 2. The molecule has 0 bridgehead atoms. The zero-order valence-electron chi connectivity index (χ0n) is 15.8. The van der Waals surface area contributed by atoms with Gasteiger partial charge in [-0.15, -0.1) is 11.3 Å². The Balaban J connectivity index is 0.000000321. The van der Waals surface area contributed by atoms with E-state index >= 15 is 0 Å². The van der Waals surface area contributed by atoms with Gasteiger partial charge < -0.3 is 10.0 Å². The van der Waals surface area contributed by atoms with E-state index in [0.717, 1.165) is 12.6 Å². The summed E-state index contributed by atoms with van der Waals surface area (Å²) in [7, 11) is 0. The summed E-state index contributed by atoms with van der Waals surface area (Å²) in [5.41, 5.74) is 0.568. The van der Waals surface area contributed by atoms with E-state index in [1.54, 1.807) is 11.3 Å². The van der Waals surface area contributed by atoms with Gasteiger partial charge in [0.05, 0.1) is 6.54 Å². The number of nitrogens with zero attached hydrogens (tertiary/aromatic N) is 3. The third kappa shape index (κ3) is 6.43. The molecular formula is C18H28F3N3O2S. The van der Waals surface area contributed by atoms with E-state index in [0.29, 0.717) is 5.41 Å². The van der Waals surface area contributed by atoms with Crippen molar-refractivity contribution >= 4 is 17.3 Å². The molecule has 2 saturated heterocycles. The summed E-state index contributed by atoms with van der Waals surface area (Å²) < 4.78 is 31.7. The van der Waals surface area contributed by atoms with E-state index in [4.69, 9.17) is 9.90 Å². The number of aliphatic carboxylic acids is 1. The molecule has 0 radical (unpaired) electrons. The van der Waals surface area contributed by atoms with Crippen LogP contribution in [0.5, 0.6) is 0 Å². The Morgan fingerprint density at radius 2 is 2.07 bits per heavy atom. The van der Waals surface area contributed by atoms with Crippen LogP contribution in [0.3, 0.4) is 0 Å². The number of hydrogen-bond acceptors (Lipinski definition) is 5. The Bertz CT molecular complexity index is 597. The van der Waals surface area contributed by atoms with Crippen LogP contribution < -0.4 is 0 Å². The van der Waals surface area contributed by atoms with Gasteiger partial charge in [-0.25, -0.2) is 9.78 Å². The number of piperidine rings is 1. The zero-order chi connectivity index (χ0) is 20.1. The van der Waals surface area contributed by atoms with E-state index in [1.165, 1.54) is 56.9 Å². The van der Waals surface area contributed by atoms with Crippen LogP contribution in [0.15, 0.2) is 11.6 Å². The van der Waals surface area contributed by atoms with Gasteiger partial charge in [0.1, 0.15) is 5.01 Å². The first-order valence-electron chi connectivity index (χ1n) is 9.30. The molecular weight excluding hydrogens is 379 g/mol. The number of carbonyl (C=O) groups is 1.